The molecule has 1 heterocycles. The number of hydrogen-bond acceptors (Lipinski definition) is 8. The maximum atomic E-state index is 12.6. The second kappa shape index (κ2) is 15.1. The van der Waals surface area contributed by atoms with Crippen LogP contribution in [0.25, 0.3) is 10.9 Å². The summed E-state index contributed by atoms with van der Waals surface area (Å²) in [5, 5.41) is 14.8. The van der Waals surface area contributed by atoms with Crippen molar-refractivity contribution >= 4 is 50.5 Å². The molecule has 10 nitrogen and oxygen atoms in total. The number of nitrogens with zero attached hydrogens (tertiary/aromatic N) is 3. The van der Waals surface area contributed by atoms with Crippen molar-refractivity contribution in [2.75, 3.05) is 45.1 Å². The molecule has 1 aromatic heterocycles. The molecule has 1 aliphatic rings. The largest absolute Gasteiger partial charge is 0.493 e. The first-order valence-electron chi connectivity index (χ1n) is 13.5. The lowest BCUT2D eigenvalue weighted by Gasteiger charge is -2.29. The number of benzene rings is 2. The van der Waals surface area contributed by atoms with Gasteiger partial charge in [-0.05, 0) is 61.4 Å². The van der Waals surface area contributed by atoms with Gasteiger partial charge in [0.25, 0.3) is 0 Å². The molecule has 0 spiro atoms. The molecular formula is C29H35BrF3N5O5. The van der Waals surface area contributed by atoms with Gasteiger partial charge in [-0.25, -0.2) is 9.78 Å². The number of methoxy groups -OCH3 is 2. The zero-order chi connectivity index (χ0) is 31.7. The number of halogens is 4. The van der Waals surface area contributed by atoms with Crippen molar-refractivity contribution in [3.05, 3.63) is 46.4 Å². The minimum Gasteiger partial charge on any atom is -0.493 e. The van der Waals surface area contributed by atoms with Crippen LogP contribution in [0.5, 0.6) is 11.5 Å². The van der Waals surface area contributed by atoms with Gasteiger partial charge < -0.3 is 30.1 Å². The van der Waals surface area contributed by atoms with E-state index in [9.17, 15) is 18.0 Å². The fraction of sp³-hybridized carbons (Fsp3) is 0.448. The summed E-state index contributed by atoms with van der Waals surface area (Å²) in [6.07, 6.45) is -0.659. The summed E-state index contributed by atoms with van der Waals surface area (Å²) in [7, 11) is 7.19. The number of aromatic nitrogens is 2. The SMILES string of the molecule is COc1cc(Br)c(CC(=O)NCC2CCC(Nc3nc(N(C)C)c4ccccc4n3)CC2)cc1OC.O=C(O)C(F)(F)F. The van der Waals surface area contributed by atoms with E-state index < -0.39 is 12.1 Å². The van der Waals surface area contributed by atoms with Crippen molar-refractivity contribution in [3.8, 4) is 11.5 Å². The number of amides is 1. The minimum absolute atomic E-state index is 0.00365. The molecule has 0 saturated heterocycles. The number of anilines is 2. The average Bonchev–Trinajstić information content (AvgIpc) is 2.97. The van der Waals surface area contributed by atoms with Crippen LogP contribution in [0.4, 0.5) is 24.9 Å². The molecule has 4 rings (SSSR count). The van der Waals surface area contributed by atoms with Crippen LogP contribution in [0, 0.1) is 5.92 Å². The highest BCUT2D eigenvalue weighted by Gasteiger charge is 2.38. The van der Waals surface area contributed by atoms with Gasteiger partial charge in [-0.3, -0.25) is 4.79 Å². The van der Waals surface area contributed by atoms with Gasteiger partial charge >= 0.3 is 12.1 Å². The van der Waals surface area contributed by atoms with Gasteiger partial charge in [-0.2, -0.15) is 18.2 Å². The molecule has 1 fully saturated rings. The maximum absolute atomic E-state index is 12.6. The Bertz CT molecular complexity index is 1420. The van der Waals surface area contributed by atoms with E-state index in [0.29, 0.717) is 36.0 Å². The third-order valence-electron chi connectivity index (χ3n) is 6.92. The highest BCUT2D eigenvalue weighted by molar-refractivity contribution is 9.10. The number of alkyl halides is 3. The Morgan fingerprint density at radius 1 is 1.05 bits per heavy atom. The second-order valence-electron chi connectivity index (χ2n) is 10.2. The number of para-hydroxylation sites is 1. The number of carbonyl (C=O) groups excluding carboxylic acids is 1. The Kier molecular flexibility index (Phi) is 11.8. The fourth-order valence-electron chi connectivity index (χ4n) is 4.68. The summed E-state index contributed by atoms with van der Waals surface area (Å²) < 4.78 is 43.2. The van der Waals surface area contributed by atoms with Crippen molar-refractivity contribution in [3.63, 3.8) is 0 Å². The number of aliphatic carboxylic acids is 1. The van der Waals surface area contributed by atoms with Crippen LogP contribution in [0.15, 0.2) is 40.9 Å². The van der Waals surface area contributed by atoms with Crippen LogP contribution < -0.4 is 25.0 Å². The molecule has 2 aromatic carbocycles. The van der Waals surface area contributed by atoms with E-state index in [1.165, 1.54) is 0 Å². The molecule has 0 aliphatic heterocycles. The van der Waals surface area contributed by atoms with Gasteiger partial charge in [-0.1, -0.05) is 28.1 Å². The topological polar surface area (TPSA) is 126 Å². The van der Waals surface area contributed by atoms with Gasteiger partial charge in [0.05, 0.1) is 26.2 Å². The molecule has 0 bridgehead atoms. The molecule has 3 N–H and O–H groups in total. The Balaban J connectivity index is 0.000000646. The number of carboxylic acid groups (broad SMARTS) is 1. The van der Waals surface area contributed by atoms with Gasteiger partial charge in [0, 0.05) is 36.5 Å². The Morgan fingerprint density at radius 3 is 2.23 bits per heavy atom. The Morgan fingerprint density at radius 2 is 1.65 bits per heavy atom. The van der Waals surface area contributed by atoms with E-state index in [4.69, 9.17) is 29.3 Å². The van der Waals surface area contributed by atoms with Gasteiger partial charge in [0.1, 0.15) is 5.82 Å². The standard InChI is InChI=1S/C27H34BrN5O3.C2HF3O2/c1-33(2)26-20-7-5-6-8-22(20)31-27(32-26)30-19-11-9-17(10-12-19)16-29-25(34)14-18-13-23(35-3)24(36-4)15-21(18)28;3-2(4,5)1(6)7/h5-8,13,15,17,19H,9-12,14,16H2,1-4H3,(H,29,34)(H,30,31,32);(H,6,7). The van der Waals surface area contributed by atoms with Crippen LogP contribution in [-0.4, -0.2) is 74.0 Å². The number of fused-ring (bicyclic) bond motifs is 1. The zero-order valence-corrected chi connectivity index (χ0v) is 25.9. The predicted molar refractivity (Wildman–Crippen MR) is 161 cm³/mol. The first kappa shape index (κ1) is 33.7. The summed E-state index contributed by atoms with van der Waals surface area (Å²) in [4.78, 5) is 33.0. The van der Waals surface area contributed by atoms with Crippen molar-refractivity contribution in [1.29, 1.82) is 0 Å². The summed E-state index contributed by atoms with van der Waals surface area (Å²) in [5.74, 6) is 0.552. The van der Waals surface area contributed by atoms with Crippen molar-refractivity contribution in [1.82, 2.24) is 15.3 Å². The molecule has 0 unspecified atom stereocenters. The Hall–Kier alpha value is -3.81. The van der Waals surface area contributed by atoms with Gasteiger partial charge in [-0.15, -0.1) is 0 Å². The van der Waals surface area contributed by atoms with Crippen LogP contribution in [0.3, 0.4) is 0 Å². The van der Waals surface area contributed by atoms with E-state index in [1.54, 1.807) is 14.2 Å². The lowest BCUT2D eigenvalue weighted by atomic mass is 9.86. The smallest absolute Gasteiger partial charge is 0.490 e. The van der Waals surface area contributed by atoms with E-state index in [-0.39, 0.29) is 12.3 Å². The molecule has 1 saturated carbocycles. The van der Waals surface area contributed by atoms with Crippen LogP contribution >= 0.6 is 15.9 Å². The van der Waals surface area contributed by atoms with Crippen molar-refractivity contribution in [2.24, 2.45) is 5.92 Å². The predicted octanol–water partition coefficient (Wildman–Crippen LogP) is 5.44. The number of ether oxygens (including phenoxy) is 2. The number of carbonyl (C=O) groups is 2. The van der Waals surface area contributed by atoms with Crippen molar-refractivity contribution < 1.29 is 37.3 Å². The molecule has 1 amide bonds. The summed E-state index contributed by atoms with van der Waals surface area (Å²) >= 11 is 3.53. The molecule has 3 aromatic rings. The maximum Gasteiger partial charge on any atom is 0.490 e. The quantitative estimate of drug-likeness (QED) is 0.273. The number of carboxylic acids is 1. The van der Waals surface area contributed by atoms with Crippen LogP contribution in [-0.2, 0) is 16.0 Å². The fourth-order valence-corrected chi connectivity index (χ4v) is 5.15. The van der Waals surface area contributed by atoms with Crippen molar-refractivity contribution in [2.45, 2.75) is 44.3 Å². The normalized spacial score (nSPS) is 16.5. The lowest BCUT2D eigenvalue weighted by Crippen LogP contribution is -2.35. The van der Waals surface area contributed by atoms with E-state index in [0.717, 1.165) is 52.4 Å². The molecule has 14 heteroatoms. The number of nitrogens with one attached hydrogen (secondary N) is 2. The monoisotopic (exact) mass is 669 g/mol. The number of rotatable bonds is 9. The van der Waals surface area contributed by atoms with Crippen LogP contribution in [0.2, 0.25) is 0 Å². The molecule has 1 aliphatic carbocycles. The summed E-state index contributed by atoms with van der Waals surface area (Å²) in [6.45, 7) is 0.688. The third kappa shape index (κ3) is 9.60. The first-order valence-corrected chi connectivity index (χ1v) is 14.3. The molecule has 0 atom stereocenters. The third-order valence-corrected chi connectivity index (χ3v) is 7.66. The zero-order valence-electron chi connectivity index (χ0n) is 24.3. The number of hydrogen-bond donors (Lipinski definition) is 3. The average molecular weight is 671 g/mol. The molecule has 234 valence electrons. The molecule has 0 radical (unpaired) electrons. The highest BCUT2D eigenvalue weighted by Crippen LogP contribution is 2.34. The van der Waals surface area contributed by atoms with E-state index in [1.807, 2.05) is 49.3 Å². The van der Waals surface area contributed by atoms with E-state index >= 15 is 0 Å². The summed E-state index contributed by atoms with van der Waals surface area (Å²) in [6, 6.07) is 12.1. The minimum atomic E-state index is -5.08. The molecule has 43 heavy (non-hydrogen) atoms. The second-order valence-corrected chi connectivity index (χ2v) is 11.1. The summed E-state index contributed by atoms with van der Waals surface area (Å²) in [5.41, 5.74) is 1.81. The first-order chi connectivity index (χ1) is 20.3. The lowest BCUT2D eigenvalue weighted by molar-refractivity contribution is -0.192. The van der Waals surface area contributed by atoms with Gasteiger partial charge in [0.2, 0.25) is 11.9 Å². The van der Waals surface area contributed by atoms with E-state index in [2.05, 4.69) is 32.6 Å². The Labute approximate surface area is 256 Å². The van der Waals surface area contributed by atoms with Crippen LogP contribution in [0.1, 0.15) is 31.2 Å². The van der Waals surface area contributed by atoms with Gasteiger partial charge in [0.15, 0.2) is 11.5 Å². The highest BCUT2D eigenvalue weighted by atomic mass is 79.9. The molecular weight excluding hydrogens is 635 g/mol.